The molecule has 0 aliphatic carbocycles. The molecule has 0 amide bonds. The maximum atomic E-state index is 8.07. The first kappa shape index (κ1) is 68.4. The zero-order valence-electron chi connectivity index (χ0n) is 64.7. The van der Waals surface area contributed by atoms with Crippen molar-refractivity contribution in [2.45, 2.75) is 0 Å². The second-order valence-electron chi connectivity index (χ2n) is 30.7. The predicted molar refractivity (Wildman–Crippen MR) is 493 cm³/mol. The highest BCUT2D eigenvalue weighted by molar-refractivity contribution is 7.04. The fraction of sp³-hybridized carbons (Fsp3) is 0. The minimum atomic E-state index is -0.471. The normalized spacial score (nSPS) is 13.1. The zero-order chi connectivity index (χ0) is 78.9. The van der Waals surface area contributed by atoms with Gasteiger partial charge < -0.3 is 19.4 Å². The number of pyridine rings is 5. The molecule has 18 aromatic rings. The molecule has 6 aliphatic heterocycles. The molecule has 560 valence electrons. The molecule has 0 fully saturated rings. The van der Waals surface area contributed by atoms with Crippen molar-refractivity contribution in [3.8, 4) is 11.5 Å². The molecule has 6 aliphatic rings. The van der Waals surface area contributed by atoms with Crippen LogP contribution >= 0.6 is 0 Å². The summed E-state index contributed by atoms with van der Waals surface area (Å²) in [7, 11) is 0. The van der Waals surface area contributed by atoms with E-state index < -0.39 is 6.71 Å². The van der Waals surface area contributed by atoms with Crippen molar-refractivity contribution in [3.63, 3.8) is 0 Å². The third-order valence-corrected chi connectivity index (χ3v) is 24.2. The van der Waals surface area contributed by atoms with Gasteiger partial charge in [0, 0.05) is 134 Å². The Morgan fingerprint density at radius 2 is 0.442 bits per heavy atom. The molecule has 0 saturated carbocycles. The minimum absolute atomic E-state index is 0.334. The number of benzene rings is 13. The highest BCUT2D eigenvalue weighted by atomic mass is 16.5. The fourth-order valence-electron chi connectivity index (χ4n) is 19.4. The van der Waals surface area contributed by atoms with E-state index in [1.165, 1.54) is 0 Å². The molecule has 0 saturated heterocycles. The second-order valence-corrected chi connectivity index (χ2v) is 30.7. The van der Waals surface area contributed by atoms with Crippen LogP contribution in [0.15, 0.2) is 413 Å². The highest BCUT2D eigenvalue weighted by Gasteiger charge is 2.52. The third kappa shape index (κ3) is 10.8. The van der Waals surface area contributed by atoms with Gasteiger partial charge in [0.05, 0.1) is 17.1 Å². The standard InChI is InChI=1S/C103H68B3N13O/c1-7-33-69(34-8-1)112(70-35-9-2-10-36-70)75-59-89-101-91(61-75)117(98-51-25-30-56-109-98)86-67-87-81(65-80(86)104(101)78-45-19-21-47-84(78)115(89)96-49-23-28-54-107-96)106-83-66-82-88(68-94(83)120-95-64-77(63-93(103(95)106)118(87)99-52-26-31-57-110-99)114(73-41-15-5-16-42-73)74-43-17-6-18-44-74)119(100-53-27-32-58-111-100)92-62-76(113(71-37-11-3-12-38-71)72-39-13-4-14-40-72)60-90-102(92)105(82)79-46-20-22-48-85(79)116(90)97-50-24-29-55-108-97/h1-68H. The van der Waals surface area contributed by atoms with E-state index in [4.69, 9.17) is 29.7 Å². The summed E-state index contributed by atoms with van der Waals surface area (Å²) < 4.78 is 8.07. The van der Waals surface area contributed by atoms with Crippen LogP contribution in [0.3, 0.4) is 0 Å². The first-order valence-corrected chi connectivity index (χ1v) is 40.6. The Labute approximate surface area is 695 Å². The molecule has 11 heterocycles. The van der Waals surface area contributed by atoms with Gasteiger partial charge >= 0.3 is 0 Å². The molecule has 0 unspecified atom stereocenters. The smallest absolute Gasteiger partial charge is 0.256 e. The van der Waals surface area contributed by atoms with E-state index in [1.807, 2.05) is 61.3 Å². The van der Waals surface area contributed by atoms with Gasteiger partial charge in [-0.25, -0.2) is 24.9 Å². The SMILES string of the molecule is c1ccc(N(c2ccccc2)c2cc3c4c(c2)N(c2ccccn2)c2cc5c(cc2B4c2cc4c(cc2O3)N(c2ccccn2)c2cc(N(c3ccccc3)c3ccccc3)cc3c2B4c2ccccc2N3c2ccccn2)B2c3ccccc3N(c3ccccn3)c3cc(N(c4ccccc4)c4ccccc4)cc(c32)N5c2ccccn2)cc1. The fourth-order valence-corrected chi connectivity index (χ4v) is 19.4. The average molecular weight is 1540 g/mol. The Hall–Kier alpha value is -16.0. The molecular formula is C103H68B3N13O. The van der Waals surface area contributed by atoms with Crippen LogP contribution in [-0.4, -0.2) is 45.1 Å². The van der Waals surface area contributed by atoms with Crippen LogP contribution in [0.5, 0.6) is 11.5 Å². The Kier molecular flexibility index (Phi) is 15.9. The summed E-state index contributed by atoms with van der Waals surface area (Å²) in [6.07, 6.45) is 9.52. The number of anilines is 24. The monoisotopic (exact) mass is 1540 g/mol. The van der Waals surface area contributed by atoms with Crippen LogP contribution in [-0.2, 0) is 0 Å². The van der Waals surface area contributed by atoms with Gasteiger partial charge in [-0.15, -0.1) is 0 Å². The maximum Gasteiger partial charge on any atom is 0.256 e. The number of aromatic nitrogens is 5. The minimum Gasteiger partial charge on any atom is -0.458 e. The third-order valence-electron chi connectivity index (χ3n) is 24.2. The lowest BCUT2D eigenvalue weighted by Crippen LogP contribution is -2.66. The number of hydrogen-bond acceptors (Lipinski definition) is 14. The van der Waals surface area contributed by atoms with Crippen LogP contribution in [0.2, 0.25) is 0 Å². The summed E-state index contributed by atoms with van der Waals surface area (Å²) in [6.45, 7) is -1.14. The van der Waals surface area contributed by atoms with E-state index in [0.717, 1.165) is 192 Å². The second kappa shape index (κ2) is 27.9. The van der Waals surface area contributed by atoms with Gasteiger partial charge in [-0.05, 0) is 231 Å². The van der Waals surface area contributed by atoms with Crippen molar-refractivity contribution in [2.75, 3.05) is 39.2 Å². The summed E-state index contributed by atoms with van der Waals surface area (Å²) >= 11 is 0. The van der Waals surface area contributed by atoms with Crippen LogP contribution in [0.4, 0.5) is 137 Å². The van der Waals surface area contributed by atoms with Crippen LogP contribution < -0.4 is 93.1 Å². The van der Waals surface area contributed by atoms with Crippen molar-refractivity contribution in [2.24, 2.45) is 0 Å². The maximum absolute atomic E-state index is 8.07. The van der Waals surface area contributed by atoms with Crippen LogP contribution in [0, 0.1) is 0 Å². The Balaban J connectivity index is 0.812. The summed E-state index contributed by atoms with van der Waals surface area (Å²) in [5.74, 6) is 5.28. The van der Waals surface area contributed by atoms with Gasteiger partial charge in [0.15, 0.2) is 0 Å². The molecule has 24 rings (SSSR count). The van der Waals surface area contributed by atoms with E-state index in [0.29, 0.717) is 5.75 Å². The van der Waals surface area contributed by atoms with Gasteiger partial charge in [-0.1, -0.05) is 188 Å². The predicted octanol–water partition coefficient (Wildman–Crippen LogP) is 19.6. The topological polar surface area (TPSA) is 99.6 Å². The molecule has 0 N–H and O–H groups in total. The lowest BCUT2D eigenvalue weighted by Gasteiger charge is -2.46. The van der Waals surface area contributed by atoms with Crippen molar-refractivity contribution in [1.82, 2.24) is 24.9 Å². The molecule has 14 nitrogen and oxygen atoms in total. The summed E-state index contributed by atoms with van der Waals surface area (Å²) in [5.41, 5.74) is 28.4. The van der Waals surface area contributed by atoms with E-state index >= 15 is 0 Å². The highest BCUT2D eigenvalue weighted by Crippen LogP contribution is 2.54. The van der Waals surface area contributed by atoms with Gasteiger partial charge in [-0.3, -0.25) is 24.5 Å². The van der Waals surface area contributed by atoms with E-state index in [9.17, 15) is 0 Å². The zero-order valence-corrected chi connectivity index (χ0v) is 64.7. The quantitative estimate of drug-likeness (QED) is 0.0966. The number of para-hydroxylation sites is 8. The van der Waals surface area contributed by atoms with Gasteiger partial charge in [0.25, 0.3) is 20.1 Å². The lowest BCUT2D eigenvalue weighted by molar-refractivity contribution is 0.488. The van der Waals surface area contributed by atoms with Crippen molar-refractivity contribution < 1.29 is 4.74 Å². The van der Waals surface area contributed by atoms with E-state index in [-0.39, 0.29) is 13.4 Å². The van der Waals surface area contributed by atoms with Gasteiger partial charge in [0.2, 0.25) is 0 Å². The molecule has 17 heteroatoms. The van der Waals surface area contributed by atoms with Gasteiger partial charge in [-0.2, -0.15) is 0 Å². The number of nitrogens with zero attached hydrogens (tertiary/aromatic N) is 13. The summed E-state index contributed by atoms with van der Waals surface area (Å²) in [5, 5.41) is 0. The number of hydrogen-bond donors (Lipinski definition) is 0. The molecule has 120 heavy (non-hydrogen) atoms. The molecule has 0 bridgehead atoms. The summed E-state index contributed by atoms with van der Waals surface area (Å²) in [6, 6.07) is 137. The Bertz CT molecular complexity index is 6890. The number of fused-ring (bicyclic) bond motifs is 12. The lowest BCUT2D eigenvalue weighted by atomic mass is 9.29. The van der Waals surface area contributed by atoms with Crippen LogP contribution in [0.25, 0.3) is 0 Å². The molecule has 5 aromatic heterocycles. The number of rotatable bonds is 14. The van der Waals surface area contributed by atoms with Crippen molar-refractivity contribution in [3.05, 3.63) is 413 Å². The van der Waals surface area contributed by atoms with E-state index in [1.54, 1.807) is 0 Å². The molecule has 0 spiro atoms. The number of ether oxygens (including phenoxy) is 1. The molecule has 0 radical (unpaired) electrons. The van der Waals surface area contributed by atoms with Crippen LogP contribution in [0.1, 0.15) is 0 Å². The Morgan fingerprint density at radius 3 is 0.758 bits per heavy atom. The Morgan fingerprint density at radius 1 is 0.183 bits per heavy atom. The van der Waals surface area contributed by atoms with Gasteiger partial charge in [0.1, 0.15) is 40.6 Å². The first-order valence-electron chi connectivity index (χ1n) is 40.6. The van der Waals surface area contributed by atoms with Crippen molar-refractivity contribution >= 4 is 206 Å². The van der Waals surface area contributed by atoms with E-state index in [2.05, 4.69) is 391 Å². The molecule has 0 atom stereocenters. The summed E-state index contributed by atoms with van der Waals surface area (Å²) in [4.78, 5) is 45.7. The largest absolute Gasteiger partial charge is 0.458 e. The molecular weight excluding hydrogens is 1470 g/mol. The van der Waals surface area contributed by atoms with Crippen molar-refractivity contribution in [1.29, 1.82) is 0 Å². The average Bonchev–Trinajstić information content (AvgIpc) is 0.681. The first-order chi connectivity index (χ1) is 59.6. The molecule has 13 aromatic carbocycles.